The number of hydrogen-bond donors (Lipinski definition) is 1. The van der Waals surface area contributed by atoms with Gasteiger partial charge < -0.3 is 10.1 Å². The Morgan fingerprint density at radius 1 is 1.07 bits per heavy atom. The number of rotatable bonds is 9. The number of anilines is 1. The SMILES string of the molecule is Cc1ccc(CN(c2ccc(OCC(=O)NCC(C)C)cc2)S(C)(=O)=O)cc1. The predicted molar refractivity (Wildman–Crippen MR) is 112 cm³/mol. The summed E-state index contributed by atoms with van der Waals surface area (Å²) in [6.07, 6.45) is 1.19. The Kier molecular flexibility index (Phi) is 7.45. The lowest BCUT2D eigenvalue weighted by Gasteiger charge is -2.23. The fourth-order valence-electron chi connectivity index (χ4n) is 2.49. The van der Waals surface area contributed by atoms with Crippen LogP contribution in [0, 0.1) is 12.8 Å². The van der Waals surface area contributed by atoms with Gasteiger partial charge in [0.2, 0.25) is 10.0 Å². The first-order valence-corrected chi connectivity index (χ1v) is 11.0. The maximum Gasteiger partial charge on any atom is 0.257 e. The summed E-state index contributed by atoms with van der Waals surface area (Å²) < 4.78 is 31.4. The molecule has 0 aliphatic heterocycles. The molecule has 0 atom stereocenters. The number of aryl methyl sites for hydroxylation is 1. The summed E-state index contributed by atoms with van der Waals surface area (Å²) in [6, 6.07) is 14.4. The van der Waals surface area contributed by atoms with Crippen molar-refractivity contribution in [2.75, 3.05) is 23.7 Å². The van der Waals surface area contributed by atoms with Gasteiger partial charge in [-0.1, -0.05) is 43.7 Å². The van der Waals surface area contributed by atoms with Crippen LogP contribution in [0.1, 0.15) is 25.0 Å². The highest BCUT2D eigenvalue weighted by Crippen LogP contribution is 2.23. The zero-order chi connectivity index (χ0) is 20.7. The molecule has 0 saturated heterocycles. The Morgan fingerprint density at radius 3 is 2.21 bits per heavy atom. The summed E-state index contributed by atoms with van der Waals surface area (Å²) in [6.45, 7) is 6.79. The smallest absolute Gasteiger partial charge is 0.257 e. The molecule has 2 rings (SSSR count). The third-order valence-electron chi connectivity index (χ3n) is 4.05. The summed E-state index contributed by atoms with van der Waals surface area (Å²) in [5, 5.41) is 2.78. The van der Waals surface area contributed by atoms with Gasteiger partial charge in [0.1, 0.15) is 5.75 Å². The van der Waals surface area contributed by atoms with Crippen LogP contribution in [-0.2, 0) is 21.4 Å². The minimum atomic E-state index is -3.45. The Labute approximate surface area is 167 Å². The predicted octanol–water partition coefficient (Wildman–Crippen LogP) is 3.11. The van der Waals surface area contributed by atoms with Crippen LogP contribution in [0.15, 0.2) is 48.5 Å². The molecule has 7 heteroatoms. The fourth-order valence-corrected chi connectivity index (χ4v) is 3.37. The average molecular weight is 405 g/mol. The largest absolute Gasteiger partial charge is 0.484 e. The van der Waals surface area contributed by atoms with Crippen LogP contribution in [0.2, 0.25) is 0 Å². The molecule has 152 valence electrons. The topological polar surface area (TPSA) is 75.7 Å². The molecule has 6 nitrogen and oxygen atoms in total. The van der Waals surface area contributed by atoms with E-state index in [0.29, 0.717) is 23.9 Å². The molecule has 2 aromatic carbocycles. The molecule has 0 spiro atoms. The maximum absolute atomic E-state index is 12.3. The number of benzene rings is 2. The molecule has 1 N–H and O–H groups in total. The highest BCUT2D eigenvalue weighted by molar-refractivity contribution is 7.92. The first kappa shape index (κ1) is 21.8. The van der Waals surface area contributed by atoms with Crippen LogP contribution < -0.4 is 14.4 Å². The van der Waals surface area contributed by atoms with Crippen molar-refractivity contribution in [3.63, 3.8) is 0 Å². The Balaban J connectivity index is 2.05. The van der Waals surface area contributed by atoms with Crippen LogP contribution in [0.5, 0.6) is 5.75 Å². The monoisotopic (exact) mass is 404 g/mol. The molecule has 0 aliphatic carbocycles. The van der Waals surface area contributed by atoms with Gasteiger partial charge in [-0.2, -0.15) is 0 Å². The molecule has 0 unspecified atom stereocenters. The van der Waals surface area contributed by atoms with E-state index in [2.05, 4.69) is 5.32 Å². The van der Waals surface area contributed by atoms with Crippen molar-refractivity contribution in [3.05, 3.63) is 59.7 Å². The van der Waals surface area contributed by atoms with E-state index >= 15 is 0 Å². The maximum atomic E-state index is 12.3. The van der Waals surface area contributed by atoms with Gasteiger partial charge in [0.25, 0.3) is 5.91 Å². The van der Waals surface area contributed by atoms with E-state index in [1.165, 1.54) is 10.6 Å². The van der Waals surface area contributed by atoms with Crippen molar-refractivity contribution in [3.8, 4) is 5.75 Å². The number of nitrogens with zero attached hydrogens (tertiary/aromatic N) is 1. The molecule has 0 heterocycles. The zero-order valence-corrected chi connectivity index (χ0v) is 17.6. The van der Waals surface area contributed by atoms with Crippen LogP contribution in [0.25, 0.3) is 0 Å². The average Bonchev–Trinajstić information content (AvgIpc) is 2.64. The van der Waals surface area contributed by atoms with Crippen LogP contribution in [0.3, 0.4) is 0 Å². The normalized spacial score (nSPS) is 11.3. The quantitative estimate of drug-likeness (QED) is 0.697. The Bertz CT molecular complexity index is 876. The van der Waals surface area contributed by atoms with E-state index in [9.17, 15) is 13.2 Å². The van der Waals surface area contributed by atoms with Gasteiger partial charge in [0.05, 0.1) is 18.5 Å². The molecular formula is C21H28N2O4S. The van der Waals surface area contributed by atoms with Gasteiger partial charge in [-0.15, -0.1) is 0 Å². The molecule has 2 aromatic rings. The Hall–Kier alpha value is -2.54. The number of carbonyl (C=O) groups excluding carboxylic acids is 1. The molecule has 0 aromatic heterocycles. The van der Waals surface area contributed by atoms with Gasteiger partial charge in [0.15, 0.2) is 6.61 Å². The molecule has 0 aliphatic rings. The third kappa shape index (κ3) is 6.88. The van der Waals surface area contributed by atoms with E-state index in [1.807, 2.05) is 45.0 Å². The molecule has 0 bridgehead atoms. The summed E-state index contributed by atoms with van der Waals surface area (Å²) in [7, 11) is -3.45. The zero-order valence-electron chi connectivity index (χ0n) is 16.8. The van der Waals surface area contributed by atoms with Gasteiger partial charge in [-0.05, 0) is 42.7 Å². The summed E-state index contributed by atoms with van der Waals surface area (Å²) in [5.74, 6) is 0.695. The summed E-state index contributed by atoms with van der Waals surface area (Å²) in [4.78, 5) is 11.7. The first-order chi connectivity index (χ1) is 13.1. The van der Waals surface area contributed by atoms with E-state index in [4.69, 9.17) is 4.74 Å². The number of nitrogens with one attached hydrogen (secondary N) is 1. The second kappa shape index (κ2) is 9.59. The third-order valence-corrected chi connectivity index (χ3v) is 5.19. The second-order valence-corrected chi connectivity index (χ2v) is 9.14. The lowest BCUT2D eigenvalue weighted by molar-refractivity contribution is -0.123. The van der Waals surface area contributed by atoms with Gasteiger partial charge in [0, 0.05) is 6.54 Å². The van der Waals surface area contributed by atoms with Crippen LogP contribution >= 0.6 is 0 Å². The standard InChI is InChI=1S/C21H28N2O4S/c1-16(2)13-22-21(24)15-27-20-11-9-19(10-12-20)23(28(4,25)26)14-18-7-5-17(3)6-8-18/h5-12,16H,13-15H2,1-4H3,(H,22,24). The summed E-state index contributed by atoms with van der Waals surface area (Å²) in [5.41, 5.74) is 2.56. The van der Waals surface area contributed by atoms with E-state index < -0.39 is 10.0 Å². The molecule has 0 radical (unpaired) electrons. The van der Waals surface area contributed by atoms with Crippen molar-refractivity contribution in [2.24, 2.45) is 5.92 Å². The van der Waals surface area contributed by atoms with Gasteiger partial charge >= 0.3 is 0 Å². The summed E-state index contributed by atoms with van der Waals surface area (Å²) >= 11 is 0. The van der Waals surface area contributed by atoms with Gasteiger partial charge in [-0.25, -0.2) is 8.42 Å². The number of hydrogen-bond acceptors (Lipinski definition) is 4. The van der Waals surface area contributed by atoms with Gasteiger partial charge in [-0.3, -0.25) is 9.10 Å². The minimum Gasteiger partial charge on any atom is -0.484 e. The molecule has 0 saturated carbocycles. The number of amides is 1. The van der Waals surface area contributed by atoms with Crippen LogP contribution in [-0.4, -0.2) is 33.7 Å². The highest BCUT2D eigenvalue weighted by Gasteiger charge is 2.18. The molecule has 28 heavy (non-hydrogen) atoms. The molecule has 1 amide bonds. The second-order valence-electron chi connectivity index (χ2n) is 7.24. The van der Waals surface area contributed by atoms with Crippen molar-refractivity contribution in [1.29, 1.82) is 0 Å². The fraction of sp³-hybridized carbons (Fsp3) is 0.381. The van der Waals surface area contributed by atoms with E-state index in [1.54, 1.807) is 24.3 Å². The molecular weight excluding hydrogens is 376 g/mol. The van der Waals surface area contributed by atoms with Crippen molar-refractivity contribution in [2.45, 2.75) is 27.3 Å². The molecule has 0 fully saturated rings. The van der Waals surface area contributed by atoms with Crippen molar-refractivity contribution >= 4 is 21.6 Å². The highest BCUT2D eigenvalue weighted by atomic mass is 32.2. The first-order valence-electron chi connectivity index (χ1n) is 9.18. The van der Waals surface area contributed by atoms with Crippen molar-refractivity contribution in [1.82, 2.24) is 5.32 Å². The van der Waals surface area contributed by atoms with Crippen LogP contribution in [0.4, 0.5) is 5.69 Å². The van der Waals surface area contributed by atoms with E-state index in [0.717, 1.165) is 11.1 Å². The van der Waals surface area contributed by atoms with E-state index in [-0.39, 0.29) is 19.1 Å². The van der Waals surface area contributed by atoms with Crippen molar-refractivity contribution < 1.29 is 17.9 Å². The lowest BCUT2D eigenvalue weighted by atomic mass is 10.1. The number of carbonyl (C=O) groups is 1. The Morgan fingerprint density at radius 2 is 1.68 bits per heavy atom. The number of sulfonamides is 1. The minimum absolute atomic E-state index is 0.0782. The lowest BCUT2D eigenvalue weighted by Crippen LogP contribution is -2.31. The number of ether oxygens (including phenoxy) is 1.